The normalized spacial score (nSPS) is 11.2. The Kier molecular flexibility index (Phi) is 4.74. The molecule has 1 amide bonds. The van der Waals surface area contributed by atoms with Crippen molar-refractivity contribution >= 4 is 11.6 Å². The summed E-state index contributed by atoms with van der Waals surface area (Å²) in [6.45, 7) is 3.55. The summed E-state index contributed by atoms with van der Waals surface area (Å²) in [7, 11) is 3.99. The molecule has 108 valence electrons. The first-order valence-electron chi connectivity index (χ1n) is 6.92. The molecule has 0 saturated carbocycles. The van der Waals surface area contributed by atoms with Crippen molar-refractivity contribution in [3.05, 3.63) is 35.8 Å². The Balaban J connectivity index is 1.92. The summed E-state index contributed by atoms with van der Waals surface area (Å²) in [5.41, 5.74) is 3.05. The van der Waals surface area contributed by atoms with E-state index in [1.165, 1.54) is 0 Å². The number of carbonyl (C=O) groups excluding carboxylic acids is 1. The fraction of sp³-hybridized carbons (Fsp3) is 0.467. The summed E-state index contributed by atoms with van der Waals surface area (Å²) in [5.74, 6) is 0.0946. The van der Waals surface area contributed by atoms with Crippen molar-refractivity contribution in [1.29, 1.82) is 0 Å². The molecule has 0 spiro atoms. The van der Waals surface area contributed by atoms with Crippen LogP contribution in [0.5, 0.6) is 0 Å². The van der Waals surface area contributed by atoms with Crippen molar-refractivity contribution in [1.82, 2.24) is 19.6 Å². The number of aryl methyl sites for hydroxylation is 2. The zero-order valence-electron chi connectivity index (χ0n) is 12.4. The second-order valence-corrected chi connectivity index (χ2v) is 5.23. The number of pyridine rings is 1. The highest BCUT2D eigenvalue weighted by molar-refractivity contribution is 5.76. The van der Waals surface area contributed by atoms with Crippen LogP contribution in [-0.2, 0) is 11.2 Å². The Morgan fingerprint density at radius 3 is 2.95 bits per heavy atom. The number of hydrogen-bond donors (Lipinski definition) is 1. The van der Waals surface area contributed by atoms with Gasteiger partial charge in [-0.15, -0.1) is 0 Å². The standard InChI is InChI=1S/C15H22N4O/c1-12-13(19-10-5-4-6-14(19)17-12)7-8-15(20)16-9-11-18(2)3/h4-6,10H,7-9,11H2,1-3H3,(H,16,20). The van der Waals surface area contributed by atoms with E-state index in [1.807, 2.05) is 45.4 Å². The van der Waals surface area contributed by atoms with Crippen LogP contribution >= 0.6 is 0 Å². The highest BCUT2D eigenvalue weighted by Gasteiger charge is 2.10. The van der Waals surface area contributed by atoms with Crippen LogP contribution in [0.1, 0.15) is 17.8 Å². The summed E-state index contributed by atoms with van der Waals surface area (Å²) >= 11 is 0. The SMILES string of the molecule is Cc1nc2ccccn2c1CCC(=O)NCCN(C)C. The molecule has 0 aromatic carbocycles. The molecular formula is C15H22N4O. The number of nitrogens with zero attached hydrogens (tertiary/aromatic N) is 3. The topological polar surface area (TPSA) is 49.6 Å². The third kappa shape index (κ3) is 3.57. The van der Waals surface area contributed by atoms with Crippen LogP contribution < -0.4 is 5.32 Å². The van der Waals surface area contributed by atoms with Gasteiger partial charge in [0, 0.05) is 31.4 Å². The predicted molar refractivity (Wildman–Crippen MR) is 79.8 cm³/mol. The monoisotopic (exact) mass is 274 g/mol. The average molecular weight is 274 g/mol. The van der Waals surface area contributed by atoms with Crippen LogP contribution in [0.25, 0.3) is 5.65 Å². The third-order valence-electron chi connectivity index (χ3n) is 3.30. The number of fused-ring (bicyclic) bond motifs is 1. The minimum atomic E-state index is 0.0946. The van der Waals surface area contributed by atoms with E-state index in [2.05, 4.69) is 19.6 Å². The summed E-state index contributed by atoms with van der Waals surface area (Å²) in [6, 6.07) is 5.93. The zero-order chi connectivity index (χ0) is 14.5. The molecule has 5 heteroatoms. The van der Waals surface area contributed by atoms with Gasteiger partial charge in [-0.3, -0.25) is 4.79 Å². The molecule has 0 aliphatic rings. The first-order valence-corrected chi connectivity index (χ1v) is 6.92. The van der Waals surface area contributed by atoms with Crippen LogP contribution in [0.4, 0.5) is 0 Å². The number of rotatable bonds is 6. The van der Waals surface area contributed by atoms with E-state index in [0.29, 0.717) is 19.4 Å². The Labute approximate surface area is 119 Å². The smallest absolute Gasteiger partial charge is 0.220 e. The van der Waals surface area contributed by atoms with E-state index < -0.39 is 0 Å². The van der Waals surface area contributed by atoms with Crippen molar-refractivity contribution in [3.8, 4) is 0 Å². The lowest BCUT2D eigenvalue weighted by atomic mass is 10.2. The van der Waals surface area contributed by atoms with Gasteiger partial charge < -0.3 is 14.6 Å². The quantitative estimate of drug-likeness (QED) is 0.862. The van der Waals surface area contributed by atoms with E-state index in [0.717, 1.165) is 23.6 Å². The maximum atomic E-state index is 11.8. The molecule has 2 aromatic heterocycles. The number of carbonyl (C=O) groups is 1. The maximum absolute atomic E-state index is 11.8. The molecule has 2 rings (SSSR count). The van der Waals surface area contributed by atoms with Crippen LogP contribution in [0, 0.1) is 6.92 Å². The molecule has 0 atom stereocenters. The van der Waals surface area contributed by atoms with Gasteiger partial charge in [-0.1, -0.05) is 6.07 Å². The summed E-state index contributed by atoms with van der Waals surface area (Å²) < 4.78 is 2.06. The number of imidazole rings is 1. The lowest BCUT2D eigenvalue weighted by Crippen LogP contribution is -2.31. The van der Waals surface area contributed by atoms with Crippen LogP contribution in [0.15, 0.2) is 24.4 Å². The molecule has 0 fully saturated rings. The van der Waals surface area contributed by atoms with Gasteiger partial charge in [0.1, 0.15) is 5.65 Å². The molecule has 0 unspecified atom stereocenters. The van der Waals surface area contributed by atoms with E-state index >= 15 is 0 Å². The maximum Gasteiger partial charge on any atom is 0.220 e. The van der Waals surface area contributed by atoms with Gasteiger partial charge in [-0.25, -0.2) is 4.98 Å². The first-order chi connectivity index (χ1) is 9.58. The molecule has 5 nitrogen and oxygen atoms in total. The Morgan fingerprint density at radius 1 is 1.40 bits per heavy atom. The fourth-order valence-electron chi connectivity index (χ4n) is 2.20. The summed E-state index contributed by atoms with van der Waals surface area (Å²) in [4.78, 5) is 18.4. The predicted octanol–water partition coefficient (Wildman–Crippen LogP) is 1.25. The summed E-state index contributed by atoms with van der Waals surface area (Å²) in [6.07, 6.45) is 3.20. The molecule has 1 N–H and O–H groups in total. The minimum absolute atomic E-state index is 0.0946. The average Bonchev–Trinajstić information content (AvgIpc) is 2.71. The fourth-order valence-corrected chi connectivity index (χ4v) is 2.20. The molecule has 0 bridgehead atoms. The Bertz CT molecular complexity index is 589. The van der Waals surface area contributed by atoms with Gasteiger partial charge in [0.15, 0.2) is 0 Å². The highest BCUT2D eigenvalue weighted by atomic mass is 16.1. The van der Waals surface area contributed by atoms with E-state index in [1.54, 1.807) is 0 Å². The van der Waals surface area contributed by atoms with Crippen LogP contribution in [-0.4, -0.2) is 47.4 Å². The van der Waals surface area contributed by atoms with Crippen molar-refractivity contribution in [2.24, 2.45) is 0 Å². The second-order valence-electron chi connectivity index (χ2n) is 5.23. The second kappa shape index (κ2) is 6.52. The minimum Gasteiger partial charge on any atom is -0.355 e. The molecular weight excluding hydrogens is 252 g/mol. The van der Waals surface area contributed by atoms with Crippen LogP contribution in [0.2, 0.25) is 0 Å². The summed E-state index contributed by atoms with van der Waals surface area (Å²) in [5, 5.41) is 2.93. The molecule has 2 heterocycles. The third-order valence-corrected chi connectivity index (χ3v) is 3.30. The van der Waals surface area contributed by atoms with E-state index in [9.17, 15) is 4.79 Å². The molecule has 2 aromatic rings. The largest absolute Gasteiger partial charge is 0.355 e. The number of likely N-dealkylation sites (N-methyl/N-ethyl adjacent to an activating group) is 1. The van der Waals surface area contributed by atoms with Crippen molar-refractivity contribution in [3.63, 3.8) is 0 Å². The van der Waals surface area contributed by atoms with Gasteiger partial charge in [0.2, 0.25) is 5.91 Å². The van der Waals surface area contributed by atoms with Gasteiger partial charge in [0.05, 0.1) is 5.69 Å². The lowest BCUT2D eigenvalue weighted by Gasteiger charge is -2.10. The van der Waals surface area contributed by atoms with Gasteiger partial charge >= 0.3 is 0 Å². The molecule has 0 radical (unpaired) electrons. The molecule has 0 saturated heterocycles. The van der Waals surface area contributed by atoms with Gasteiger partial charge in [-0.2, -0.15) is 0 Å². The number of amides is 1. The first kappa shape index (κ1) is 14.5. The van der Waals surface area contributed by atoms with E-state index in [4.69, 9.17) is 0 Å². The Hall–Kier alpha value is -1.88. The van der Waals surface area contributed by atoms with Crippen LogP contribution in [0.3, 0.4) is 0 Å². The van der Waals surface area contributed by atoms with E-state index in [-0.39, 0.29) is 5.91 Å². The Morgan fingerprint density at radius 2 is 2.20 bits per heavy atom. The molecule has 0 aliphatic carbocycles. The number of hydrogen-bond acceptors (Lipinski definition) is 3. The number of aromatic nitrogens is 2. The van der Waals surface area contributed by atoms with Gasteiger partial charge in [-0.05, 0) is 39.6 Å². The molecule has 20 heavy (non-hydrogen) atoms. The van der Waals surface area contributed by atoms with Gasteiger partial charge in [0.25, 0.3) is 0 Å². The zero-order valence-corrected chi connectivity index (χ0v) is 12.4. The lowest BCUT2D eigenvalue weighted by molar-refractivity contribution is -0.121. The molecule has 0 aliphatic heterocycles. The van der Waals surface area contributed by atoms with Crippen molar-refractivity contribution < 1.29 is 4.79 Å². The highest BCUT2D eigenvalue weighted by Crippen LogP contribution is 2.13. The van der Waals surface area contributed by atoms with Crippen molar-refractivity contribution in [2.75, 3.05) is 27.2 Å². The number of nitrogens with one attached hydrogen (secondary N) is 1. The van der Waals surface area contributed by atoms with Crippen molar-refractivity contribution in [2.45, 2.75) is 19.8 Å².